The third-order valence-corrected chi connectivity index (χ3v) is 4.75. The van der Waals surface area contributed by atoms with Crippen molar-refractivity contribution in [3.05, 3.63) is 23.3 Å². The molecule has 0 saturated carbocycles. The minimum atomic E-state index is 0.126. The second-order valence-electron chi connectivity index (χ2n) is 6.46. The number of morpholine rings is 1. The van der Waals surface area contributed by atoms with Crippen LogP contribution in [0.4, 0.5) is 0 Å². The minimum absolute atomic E-state index is 0.126. The first-order valence-electron chi connectivity index (χ1n) is 8.46. The van der Waals surface area contributed by atoms with E-state index in [0.717, 1.165) is 31.0 Å². The number of hydrogen-bond acceptors (Lipinski definition) is 5. The number of benzene rings is 1. The van der Waals surface area contributed by atoms with Crippen LogP contribution in [0.25, 0.3) is 0 Å². The Balaban J connectivity index is 1.65. The zero-order chi connectivity index (χ0) is 17.1. The molecule has 6 heteroatoms. The van der Waals surface area contributed by atoms with E-state index >= 15 is 0 Å². The summed E-state index contributed by atoms with van der Waals surface area (Å²) in [7, 11) is 3.30. The first-order chi connectivity index (χ1) is 11.6. The van der Waals surface area contributed by atoms with Gasteiger partial charge in [-0.1, -0.05) is 0 Å². The van der Waals surface area contributed by atoms with Crippen LogP contribution in [-0.2, 0) is 22.5 Å². The fourth-order valence-corrected chi connectivity index (χ4v) is 3.41. The van der Waals surface area contributed by atoms with Crippen molar-refractivity contribution < 1.29 is 19.0 Å². The Hall–Kier alpha value is -1.79. The van der Waals surface area contributed by atoms with Crippen molar-refractivity contribution in [1.82, 2.24) is 9.80 Å². The summed E-state index contributed by atoms with van der Waals surface area (Å²) in [5, 5.41) is 0. The fourth-order valence-electron chi connectivity index (χ4n) is 3.41. The zero-order valence-electron chi connectivity index (χ0n) is 14.7. The van der Waals surface area contributed by atoms with Gasteiger partial charge in [-0.3, -0.25) is 9.69 Å². The van der Waals surface area contributed by atoms with Gasteiger partial charge in [-0.2, -0.15) is 0 Å². The monoisotopic (exact) mass is 334 g/mol. The van der Waals surface area contributed by atoms with Crippen molar-refractivity contribution in [1.29, 1.82) is 0 Å². The molecule has 0 aliphatic carbocycles. The lowest BCUT2D eigenvalue weighted by Crippen LogP contribution is -2.48. The minimum Gasteiger partial charge on any atom is -0.493 e. The van der Waals surface area contributed by atoms with Gasteiger partial charge in [0.2, 0.25) is 5.91 Å². The highest BCUT2D eigenvalue weighted by molar-refractivity contribution is 5.78. The van der Waals surface area contributed by atoms with Crippen LogP contribution in [0.5, 0.6) is 11.5 Å². The number of nitrogens with zero attached hydrogens (tertiary/aromatic N) is 2. The predicted molar refractivity (Wildman–Crippen MR) is 90.5 cm³/mol. The average molecular weight is 334 g/mol. The molecular formula is C18H26N2O4. The van der Waals surface area contributed by atoms with Gasteiger partial charge >= 0.3 is 0 Å². The third-order valence-electron chi connectivity index (χ3n) is 4.75. The molecule has 1 atom stereocenters. The van der Waals surface area contributed by atoms with Crippen LogP contribution in [0, 0.1) is 0 Å². The third kappa shape index (κ3) is 3.65. The molecule has 1 amide bonds. The van der Waals surface area contributed by atoms with Crippen LogP contribution in [0.15, 0.2) is 12.1 Å². The van der Waals surface area contributed by atoms with Crippen molar-refractivity contribution >= 4 is 5.91 Å². The van der Waals surface area contributed by atoms with Gasteiger partial charge in [-0.15, -0.1) is 0 Å². The molecule has 0 N–H and O–H groups in total. The summed E-state index contributed by atoms with van der Waals surface area (Å²) in [5.74, 6) is 1.70. The number of methoxy groups -OCH3 is 2. The SMILES string of the molecule is COc1cc2c(cc1OC)CN(CC(=O)N1CCO[C@@H](C)C1)CC2. The van der Waals surface area contributed by atoms with Crippen LogP contribution in [0.3, 0.4) is 0 Å². The molecule has 2 aliphatic rings. The van der Waals surface area contributed by atoms with E-state index < -0.39 is 0 Å². The molecular weight excluding hydrogens is 308 g/mol. The van der Waals surface area contributed by atoms with Crippen molar-refractivity contribution in [2.24, 2.45) is 0 Å². The van der Waals surface area contributed by atoms with E-state index in [1.807, 2.05) is 17.9 Å². The number of carbonyl (C=O) groups is 1. The van der Waals surface area contributed by atoms with Gasteiger partial charge in [0.25, 0.3) is 0 Å². The van der Waals surface area contributed by atoms with E-state index in [-0.39, 0.29) is 12.0 Å². The summed E-state index contributed by atoms with van der Waals surface area (Å²) in [6, 6.07) is 4.08. The smallest absolute Gasteiger partial charge is 0.236 e. The number of rotatable bonds is 4. The van der Waals surface area contributed by atoms with E-state index in [1.165, 1.54) is 11.1 Å². The van der Waals surface area contributed by atoms with Gasteiger partial charge in [-0.25, -0.2) is 0 Å². The number of ether oxygens (including phenoxy) is 3. The molecule has 24 heavy (non-hydrogen) atoms. The van der Waals surface area contributed by atoms with Gasteiger partial charge in [-0.05, 0) is 36.6 Å². The van der Waals surface area contributed by atoms with Gasteiger partial charge in [0.1, 0.15) is 0 Å². The Kier molecular flexibility index (Phi) is 5.26. The van der Waals surface area contributed by atoms with Gasteiger partial charge < -0.3 is 19.1 Å². The molecule has 0 unspecified atom stereocenters. The summed E-state index contributed by atoms with van der Waals surface area (Å²) in [4.78, 5) is 16.7. The van der Waals surface area contributed by atoms with Crippen LogP contribution in [0.1, 0.15) is 18.1 Å². The average Bonchev–Trinajstić information content (AvgIpc) is 2.60. The molecule has 0 aromatic heterocycles. The molecule has 1 fully saturated rings. The maximum atomic E-state index is 12.5. The van der Waals surface area contributed by atoms with E-state index in [9.17, 15) is 4.79 Å². The Morgan fingerprint density at radius 3 is 2.58 bits per heavy atom. The summed E-state index contributed by atoms with van der Waals surface area (Å²) in [6.45, 7) is 6.13. The van der Waals surface area contributed by atoms with Crippen molar-refractivity contribution in [2.75, 3.05) is 47.0 Å². The Morgan fingerprint density at radius 2 is 1.92 bits per heavy atom. The molecule has 1 aromatic rings. The Labute approximate surface area is 143 Å². The molecule has 0 spiro atoms. The van der Waals surface area contributed by atoms with Gasteiger partial charge in [0.15, 0.2) is 11.5 Å². The molecule has 0 bridgehead atoms. The molecule has 3 rings (SSSR count). The molecule has 132 valence electrons. The lowest BCUT2D eigenvalue weighted by Gasteiger charge is -2.34. The van der Waals surface area contributed by atoms with Gasteiger partial charge in [0, 0.05) is 26.2 Å². The largest absolute Gasteiger partial charge is 0.493 e. The molecule has 2 aliphatic heterocycles. The van der Waals surface area contributed by atoms with Crippen LogP contribution in [0.2, 0.25) is 0 Å². The van der Waals surface area contributed by atoms with E-state index in [2.05, 4.69) is 11.0 Å². The van der Waals surface area contributed by atoms with E-state index in [0.29, 0.717) is 26.2 Å². The number of hydrogen-bond donors (Lipinski definition) is 0. The normalized spacial score (nSPS) is 21.3. The highest BCUT2D eigenvalue weighted by atomic mass is 16.5. The molecule has 2 heterocycles. The molecule has 6 nitrogen and oxygen atoms in total. The zero-order valence-corrected chi connectivity index (χ0v) is 14.7. The predicted octanol–water partition coefficient (Wildman–Crippen LogP) is 1.31. The molecule has 0 radical (unpaired) electrons. The van der Waals surface area contributed by atoms with E-state index in [4.69, 9.17) is 14.2 Å². The number of amides is 1. The summed E-state index contributed by atoms with van der Waals surface area (Å²) in [6.07, 6.45) is 1.05. The van der Waals surface area contributed by atoms with Crippen LogP contribution in [-0.4, -0.2) is 68.8 Å². The highest BCUT2D eigenvalue weighted by Crippen LogP contribution is 2.33. The molecule has 1 aromatic carbocycles. The Morgan fingerprint density at radius 1 is 1.21 bits per heavy atom. The maximum Gasteiger partial charge on any atom is 0.236 e. The molecule has 1 saturated heterocycles. The summed E-state index contributed by atoms with van der Waals surface area (Å²) >= 11 is 0. The van der Waals surface area contributed by atoms with E-state index in [1.54, 1.807) is 14.2 Å². The second kappa shape index (κ2) is 7.40. The fraction of sp³-hybridized carbons (Fsp3) is 0.611. The number of carbonyl (C=O) groups excluding carboxylic acids is 1. The lowest BCUT2D eigenvalue weighted by atomic mass is 9.98. The van der Waals surface area contributed by atoms with Crippen molar-refractivity contribution in [2.45, 2.75) is 26.0 Å². The van der Waals surface area contributed by atoms with Crippen LogP contribution < -0.4 is 9.47 Å². The number of fused-ring (bicyclic) bond motifs is 1. The van der Waals surface area contributed by atoms with Crippen molar-refractivity contribution in [3.8, 4) is 11.5 Å². The first-order valence-corrected chi connectivity index (χ1v) is 8.46. The van der Waals surface area contributed by atoms with Gasteiger partial charge in [0.05, 0.1) is 33.5 Å². The summed E-state index contributed by atoms with van der Waals surface area (Å²) < 4.78 is 16.3. The quantitative estimate of drug-likeness (QED) is 0.831. The maximum absolute atomic E-state index is 12.5. The van der Waals surface area contributed by atoms with Crippen molar-refractivity contribution in [3.63, 3.8) is 0 Å². The lowest BCUT2D eigenvalue weighted by molar-refractivity contribution is -0.139. The topological polar surface area (TPSA) is 51.2 Å². The highest BCUT2D eigenvalue weighted by Gasteiger charge is 2.25. The summed E-state index contributed by atoms with van der Waals surface area (Å²) in [5.41, 5.74) is 2.48. The second-order valence-corrected chi connectivity index (χ2v) is 6.46. The first kappa shape index (κ1) is 17.0. The standard InChI is InChI=1S/C18H26N2O4/c1-13-10-20(6-7-24-13)18(21)12-19-5-4-14-8-16(22-2)17(23-3)9-15(14)11-19/h8-9,13H,4-7,10-12H2,1-3H3/t13-/m0/s1. The Bertz CT molecular complexity index is 605. The van der Waals surface area contributed by atoms with Crippen LogP contribution >= 0.6 is 0 Å².